The van der Waals surface area contributed by atoms with E-state index in [0.29, 0.717) is 18.5 Å². The molecule has 0 saturated carbocycles. The number of benzene rings is 1. The summed E-state index contributed by atoms with van der Waals surface area (Å²) in [5.41, 5.74) is 0.556. The maximum atomic E-state index is 12.5. The minimum atomic E-state index is -4.34. The van der Waals surface area contributed by atoms with Crippen LogP contribution in [0.5, 0.6) is 11.8 Å². The smallest absolute Gasteiger partial charge is 0.416 e. The highest BCUT2D eigenvalue weighted by atomic mass is 35.5. The van der Waals surface area contributed by atoms with Crippen molar-refractivity contribution in [1.82, 2.24) is 9.97 Å². The molecule has 0 aliphatic rings. The van der Waals surface area contributed by atoms with E-state index in [2.05, 4.69) is 9.97 Å². The fraction of sp³-hybridized carbons (Fsp3) is 0.333. The number of aromatic nitrogens is 2. The summed E-state index contributed by atoms with van der Waals surface area (Å²) in [5, 5.41) is 0.176. The van der Waals surface area contributed by atoms with Crippen molar-refractivity contribution in [3.8, 4) is 11.8 Å². The Morgan fingerprint density at radius 2 is 1.52 bits per heavy atom. The van der Waals surface area contributed by atoms with Crippen molar-refractivity contribution in [3.63, 3.8) is 0 Å². The normalized spacial score (nSPS) is 11.4. The van der Waals surface area contributed by atoms with E-state index >= 15 is 0 Å². The van der Waals surface area contributed by atoms with Crippen molar-refractivity contribution in [2.45, 2.75) is 19.0 Å². The van der Waals surface area contributed by atoms with E-state index in [1.165, 1.54) is 26.4 Å². The SMILES string of the molecule is COc1nc(Cl)c(CCc2ccc(C(F)(F)F)cc2)nc1OC. The second kappa shape index (κ2) is 7.04. The molecule has 1 heterocycles. The van der Waals surface area contributed by atoms with E-state index in [4.69, 9.17) is 21.1 Å². The maximum Gasteiger partial charge on any atom is 0.416 e. The molecule has 4 nitrogen and oxygen atoms in total. The number of methoxy groups -OCH3 is 2. The number of rotatable bonds is 5. The minimum absolute atomic E-state index is 0.176. The standard InChI is InChI=1S/C15H14ClF3N2O2/c1-22-13-14(23-2)21-12(16)11(20-13)8-5-9-3-6-10(7-4-9)15(17,18)19/h3-4,6-7H,5,8H2,1-2H3. The molecule has 2 rings (SSSR count). The summed E-state index contributed by atoms with van der Waals surface area (Å²) in [6.45, 7) is 0. The van der Waals surface area contributed by atoms with Crippen LogP contribution in [0.1, 0.15) is 16.8 Å². The van der Waals surface area contributed by atoms with Crippen LogP contribution in [0.2, 0.25) is 5.15 Å². The zero-order valence-electron chi connectivity index (χ0n) is 12.4. The Balaban J connectivity index is 2.12. The molecule has 0 bridgehead atoms. The first-order valence-electron chi connectivity index (χ1n) is 6.65. The van der Waals surface area contributed by atoms with Crippen LogP contribution in [0.3, 0.4) is 0 Å². The molecule has 0 saturated heterocycles. The van der Waals surface area contributed by atoms with Crippen LogP contribution in [0.15, 0.2) is 24.3 Å². The van der Waals surface area contributed by atoms with Crippen molar-refractivity contribution in [2.24, 2.45) is 0 Å². The third kappa shape index (κ3) is 4.25. The molecule has 0 amide bonds. The zero-order chi connectivity index (χ0) is 17.0. The highest BCUT2D eigenvalue weighted by Crippen LogP contribution is 2.30. The molecule has 8 heteroatoms. The summed E-state index contributed by atoms with van der Waals surface area (Å²) < 4.78 is 47.6. The van der Waals surface area contributed by atoms with Gasteiger partial charge in [0.25, 0.3) is 11.8 Å². The van der Waals surface area contributed by atoms with Gasteiger partial charge in [0, 0.05) is 0 Å². The number of halogens is 4. The second-order valence-corrected chi connectivity index (χ2v) is 5.03. The van der Waals surface area contributed by atoms with Gasteiger partial charge in [-0.1, -0.05) is 23.7 Å². The summed E-state index contributed by atoms with van der Waals surface area (Å²) in [5.74, 6) is 0.384. The number of nitrogens with zero attached hydrogens (tertiary/aromatic N) is 2. The third-order valence-corrected chi connectivity index (χ3v) is 3.48. The van der Waals surface area contributed by atoms with Crippen LogP contribution >= 0.6 is 11.6 Å². The number of hydrogen-bond acceptors (Lipinski definition) is 4. The lowest BCUT2D eigenvalue weighted by Gasteiger charge is -2.10. The van der Waals surface area contributed by atoms with Crippen LogP contribution in [-0.4, -0.2) is 24.2 Å². The van der Waals surface area contributed by atoms with E-state index in [1.807, 2.05) is 0 Å². The highest BCUT2D eigenvalue weighted by molar-refractivity contribution is 6.30. The molecule has 1 aromatic carbocycles. The van der Waals surface area contributed by atoms with Gasteiger partial charge < -0.3 is 9.47 Å². The van der Waals surface area contributed by atoms with Gasteiger partial charge in [-0.15, -0.1) is 0 Å². The molecule has 0 unspecified atom stereocenters. The van der Waals surface area contributed by atoms with Crippen LogP contribution in [0.25, 0.3) is 0 Å². The fourth-order valence-corrected chi connectivity index (χ4v) is 2.18. The van der Waals surface area contributed by atoms with Crippen LogP contribution in [0.4, 0.5) is 13.2 Å². The molecule has 0 spiro atoms. The minimum Gasteiger partial charge on any atom is -0.477 e. The molecule has 2 aromatic rings. The largest absolute Gasteiger partial charge is 0.477 e. The Kier molecular flexibility index (Phi) is 5.30. The number of aryl methyl sites for hydroxylation is 2. The summed E-state index contributed by atoms with van der Waals surface area (Å²) >= 11 is 6.03. The number of hydrogen-bond donors (Lipinski definition) is 0. The molecule has 1 aromatic heterocycles. The Morgan fingerprint density at radius 1 is 0.957 bits per heavy atom. The zero-order valence-corrected chi connectivity index (χ0v) is 13.2. The van der Waals surface area contributed by atoms with E-state index in [9.17, 15) is 13.2 Å². The Hall–Kier alpha value is -2.02. The van der Waals surface area contributed by atoms with Gasteiger partial charge in [0.2, 0.25) is 0 Å². The van der Waals surface area contributed by atoms with Crippen LogP contribution < -0.4 is 9.47 Å². The first kappa shape index (κ1) is 17.3. The van der Waals surface area contributed by atoms with E-state index in [1.54, 1.807) is 0 Å². The maximum absolute atomic E-state index is 12.5. The lowest BCUT2D eigenvalue weighted by molar-refractivity contribution is -0.137. The molecule has 0 N–H and O–H groups in total. The molecular weight excluding hydrogens is 333 g/mol. The molecule has 124 valence electrons. The third-order valence-electron chi connectivity index (χ3n) is 3.18. The van der Waals surface area contributed by atoms with Gasteiger partial charge in [-0.05, 0) is 30.5 Å². The predicted molar refractivity (Wildman–Crippen MR) is 79.0 cm³/mol. The first-order valence-corrected chi connectivity index (χ1v) is 7.03. The molecule has 0 aliphatic heterocycles. The molecule has 23 heavy (non-hydrogen) atoms. The monoisotopic (exact) mass is 346 g/mol. The summed E-state index contributed by atoms with van der Waals surface area (Å²) in [6, 6.07) is 4.98. The first-order chi connectivity index (χ1) is 10.8. The van der Waals surface area contributed by atoms with Gasteiger partial charge in [-0.3, -0.25) is 0 Å². The van der Waals surface area contributed by atoms with Gasteiger partial charge in [-0.2, -0.15) is 18.2 Å². The average molecular weight is 347 g/mol. The molecular formula is C15H14ClF3N2O2. The lowest BCUT2D eigenvalue weighted by Crippen LogP contribution is -2.05. The van der Waals surface area contributed by atoms with E-state index < -0.39 is 11.7 Å². The van der Waals surface area contributed by atoms with Crippen molar-refractivity contribution in [1.29, 1.82) is 0 Å². The molecule has 0 aliphatic carbocycles. The fourth-order valence-electron chi connectivity index (χ4n) is 1.97. The summed E-state index contributed by atoms with van der Waals surface area (Å²) in [6.07, 6.45) is -3.45. The van der Waals surface area contributed by atoms with Gasteiger partial charge in [0.05, 0.1) is 25.5 Å². The number of alkyl halides is 3. The van der Waals surface area contributed by atoms with Crippen molar-refractivity contribution in [2.75, 3.05) is 14.2 Å². The molecule has 0 fully saturated rings. The highest BCUT2D eigenvalue weighted by Gasteiger charge is 2.29. The lowest BCUT2D eigenvalue weighted by atomic mass is 10.1. The van der Waals surface area contributed by atoms with Crippen LogP contribution in [-0.2, 0) is 19.0 Å². The van der Waals surface area contributed by atoms with Crippen molar-refractivity contribution < 1.29 is 22.6 Å². The average Bonchev–Trinajstić information content (AvgIpc) is 2.53. The summed E-state index contributed by atoms with van der Waals surface area (Å²) in [4.78, 5) is 8.24. The Bertz CT molecular complexity index is 676. The molecule has 0 atom stereocenters. The predicted octanol–water partition coefficient (Wildman–Crippen LogP) is 3.95. The quantitative estimate of drug-likeness (QED) is 0.822. The second-order valence-electron chi connectivity index (χ2n) is 4.67. The molecule has 0 radical (unpaired) electrons. The Morgan fingerprint density at radius 3 is 2.04 bits per heavy atom. The van der Waals surface area contributed by atoms with Gasteiger partial charge in [0.1, 0.15) is 0 Å². The van der Waals surface area contributed by atoms with Gasteiger partial charge in [0.15, 0.2) is 5.15 Å². The van der Waals surface area contributed by atoms with Crippen molar-refractivity contribution in [3.05, 3.63) is 46.2 Å². The Labute approximate surface area is 136 Å². The van der Waals surface area contributed by atoms with Gasteiger partial charge >= 0.3 is 6.18 Å². The van der Waals surface area contributed by atoms with Crippen LogP contribution in [0, 0.1) is 0 Å². The van der Waals surface area contributed by atoms with E-state index in [0.717, 1.165) is 17.7 Å². The topological polar surface area (TPSA) is 44.2 Å². The summed E-state index contributed by atoms with van der Waals surface area (Å²) in [7, 11) is 2.85. The number of ether oxygens (including phenoxy) is 2. The van der Waals surface area contributed by atoms with Gasteiger partial charge in [-0.25, -0.2) is 4.98 Å². The van der Waals surface area contributed by atoms with Crippen molar-refractivity contribution >= 4 is 11.6 Å². The van der Waals surface area contributed by atoms with E-state index in [-0.39, 0.29) is 16.9 Å².